The second kappa shape index (κ2) is 5.44. The van der Waals surface area contributed by atoms with Crippen molar-refractivity contribution in [3.63, 3.8) is 0 Å². The Hall–Kier alpha value is -2.82. The Morgan fingerprint density at radius 3 is 2.10 bits per heavy atom. The van der Waals surface area contributed by atoms with Crippen molar-refractivity contribution < 1.29 is 24.5 Å². The highest BCUT2D eigenvalue weighted by Crippen LogP contribution is 2.30. The van der Waals surface area contributed by atoms with Gasteiger partial charge in [0.1, 0.15) is 11.3 Å². The van der Waals surface area contributed by atoms with Crippen LogP contribution in [-0.2, 0) is 0 Å². The Balaban J connectivity index is 2.72. The molecular weight excluding hydrogens is 260 g/mol. The van der Waals surface area contributed by atoms with Crippen LogP contribution < -0.4 is 4.74 Å². The summed E-state index contributed by atoms with van der Waals surface area (Å²) in [7, 11) is 1.31. The average Bonchev–Trinajstić information content (AvgIpc) is 2.46. The van der Waals surface area contributed by atoms with Crippen LogP contribution in [-0.4, -0.2) is 29.3 Å². The summed E-state index contributed by atoms with van der Waals surface area (Å²) in [5.74, 6) is -2.62. The van der Waals surface area contributed by atoms with Gasteiger partial charge in [-0.25, -0.2) is 9.59 Å². The third kappa shape index (κ3) is 2.47. The van der Waals surface area contributed by atoms with Gasteiger partial charge in [-0.15, -0.1) is 0 Å². The molecule has 2 aromatic rings. The molecule has 0 aromatic heterocycles. The number of hydrogen-bond donors (Lipinski definition) is 2. The molecule has 2 aromatic carbocycles. The van der Waals surface area contributed by atoms with Crippen molar-refractivity contribution in [2.75, 3.05) is 7.11 Å². The quantitative estimate of drug-likeness (QED) is 0.894. The van der Waals surface area contributed by atoms with Gasteiger partial charge in [-0.1, -0.05) is 30.3 Å². The van der Waals surface area contributed by atoms with E-state index < -0.39 is 11.9 Å². The molecule has 0 saturated carbocycles. The topological polar surface area (TPSA) is 83.8 Å². The van der Waals surface area contributed by atoms with E-state index in [1.165, 1.54) is 19.2 Å². The fourth-order valence-electron chi connectivity index (χ4n) is 1.96. The highest BCUT2D eigenvalue weighted by atomic mass is 16.5. The fraction of sp³-hybridized carbons (Fsp3) is 0.0667. The minimum atomic E-state index is -1.33. The molecule has 2 rings (SSSR count). The van der Waals surface area contributed by atoms with E-state index in [0.29, 0.717) is 5.56 Å². The van der Waals surface area contributed by atoms with Gasteiger partial charge in [0.2, 0.25) is 0 Å². The zero-order valence-corrected chi connectivity index (χ0v) is 10.7. The van der Waals surface area contributed by atoms with Crippen LogP contribution in [0, 0.1) is 0 Å². The number of carbonyl (C=O) groups is 2. The van der Waals surface area contributed by atoms with Gasteiger partial charge in [0.05, 0.1) is 12.7 Å². The summed E-state index contributed by atoms with van der Waals surface area (Å²) in [6.45, 7) is 0. The van der Waals surface area contributed by atoms with E-state index in [1.807, 2.05) is 18.2 Å². The molecule has 0 fully saturated rings. The van der Waals surface area contributed by atoms with Gasteiger partial charge in [0, 0.05) is 0 Å². The van der Waals surface area contributed by atoms with Crippen molar-refractivity contribution >= 4 is 11.9 Å². The maximum Gasteiger partial charge on any atom is 0.340 e. The normalized spacial score (nSPS) is 10.1. The van der Waals surface area contributed by atoms with Crippen LogP contribution in [0.1, 0.15) is 20.7 Å². The van der Waals surface area contributed by atoms with Gasteiger partial charge < -0.3 is 14.9 Å². The molecule has 0 saturated heterocycles. The third-order valence-corrected chi connectivity index (χ3v) is 2.87. The first-order valence-corrected chi connectivity index (χ1v) is 5.78. The summed E-state index contributed by atoms with van der Waals surface area (Å²) in [5.41, 5.74) is 0.727. The molecule has 0 aliphatic heterocycles. The van der Waals surface area contributed by atoms with Crippen LogP contribution in [0.25, 0.3) is 11.1 Å². The van der Waals surface area contributed by atoms with Gasteiger partial charge in [-0.2, -0.15) is 0 Å². The number of aromatic carboxylic acids is 2. The molecular formula is C15H12O5. The van der Waals surface area contributed by atoms with Gasteiger partial charge >= 0.3 is 11.9 Å². The Morgan fingerprint density at radius 1 is 0.950 bits per heavy atom. The van der Waals surface area contributed by atoms with Gasteiger partial charge in [0.15, 0.2) is 0 Å². The van der Waals surface area contributed by atoms with Crippen LogP contribution >= 0.6 is 0 Å². The lowest BCUT2D eigenvalue weighted by Gasteiger charge is -2.11. The number of methoxy groups -OCH3 is 1. The highest BCUT2D eigenvalue weighted by molar-refractivity contribution is 6.05. The minimum absolute atomic E-state index is 0.0243. The van der Waals surface area contributed by atoms with E-state index in [9.17, 15) is 14.7 Å². The Kier molecular flexibility index (Phi) is 3.70. The van der Waals surface area contributed by atoms with E-state index >= 15 is 0 Å². The maximum absolute atomic E-state index is 11.3. The van der Waals surface area contributed by atoms with Crippen molar-refractivity contribution in [2.24, 2.45) is 0 Å². The average molecular weight is 272 g/mol. The number of hydrogen-bond acceptors (Lipinski definition) is 3. The number of benzene rings is 2. The molecule has 0 atom stereocenters. The highest BCUT2D eigenvalue weighted by Gasteiger charge is 2.22. The van der Waals surface area contributed by atoms with Crippen LogP contribution in [0.4, 0.5) is 0 Å². The number of carboxylic acids is 2. The summed E-state index contributed by atoms with van der Waals surface area (Å²) in [4.78, 5) is 22.5. The Bertz CT molecular complexity index is 661. The second-order valence-electron chi connectivity index (χ2n) is 4.08. The van der Waals surface area contributed by atoms with E-state index in [0.717, 1.165) is 5.56 Å². The van der Waals surface area contributed by atoms with Gasteiger partial charge in [0.25, 0.3) is 0 Å². The zero-order chi connectivity index (χ0) is 14.7. The van der Waals surface area contributed by atoms with Crippen LogP contribution in [0.5, 0.6) is 5.75 Å². The van der Waals surface area contributed by atoms with Crippen molar-refractivity contribution in [3.05, 3.63) is 53.6 Å². The summed E-state index contributed by atoms with van der Waals surface area (Å²) < 4.78 is 5.02. The molecule has 5 heteroatoms. The maximum atomic E-state index is 11.3. The molecule has 0 unspecified atom stereocenters. The lowest BCUT2D eigenvalue weighted by atomic mass is 9.98. The number of rotatable bonds is 4. The summed E-state index contributed by atoms with van der Waals surface area (Å²) in [6, 6.07) is 11.9. The predicted octanol–water partition coefficient (Wildman–Crippen LogP) is 2.76. The van der Waals surface area contributed by atoms with Crippen molar-refractivity contribution in [1.82, 2.24) is 0 Å². The molecule has 0 amide bonds. The molecule has 2 N–H and O–H groups in total. The monoisotopic (exact) mass is 272 g/mol. The largest absolute Gasteiger partial charge is 0.496 e. The number of carboxylic acid groups (broad SMARTS) is 2. The molecule has 0 spiro atoms. The first-order valence-electron chi connectivity index (χ1n) is 5.78. The molecule has 0 aliphatic rings. The molecule has 0 aliphatic carbocycles. The number of ether oxygens (including phenoxy) is 1. The van der Waals surface area contributed by atoms with Crippen LogP contribution in [0.2, 0.25) is 0 Å². The molecule has 20 heavy (non-hydrogen) atoms. The van der Waals surface area contributed by atoms with Crippen molar-refractivity contribution in [1.29, 1.82) is 0 Å². The summed E-state index contributed by atoms with van der Waals surface area (Å²) in [6.07, 6.45) is 0. The first-order chi connectivity index (χ1) is 9.54. The minimum Gasteiger partial charge on any atom is -0.496 e. The van der Waals surface area contributed by atoms with E-state index in [2.05, 4.69) is 0 Å². The zero-order valence-electron chi connectivity index (χ0n) is 10.7. The van der Waals surface area contributed by atoms with Crippen molar-refractivity contribution in [3.8, 4) is 16.9 Å². The Morgan fingerprint density at radius 2 is 1.60 bits per heavy atom. The van der Waals surface area contributed by atoms with E-state index in [4.69, 9.17) is 9.84 Å². The molecule has 102 valence electrons. The van der Waals surface area contributed by atoms with Crippen LogP contribution in [0.3, 0.4) is 0 Å². The fourth-order valence-corrected chi connectivity index (χ4v) is 1.96. The second-order valence-corrected chi connectivity index (χ2v) is 4.08. The summed E-state index contributed by atoms with van der Waals surface area (Å²) >= 11 is 0. The van der Waals surface area contributed by atoms with Gasteiger partial charge in [-0.05, 0) is 23.3 Å². The lowest BCUT2D eigenvalue weighted by Crippen LogP contribution is -2.10. The van der Waals surface area contributed by atoms with Crippen LogP contribution in [0.15, 0.2) is 42.5 Å². The van der Waals surface area contributed by atoms with E-state index in [-0.39, 0.29) is 16.9 Å². The predicted molar refractivity (Wildman–Crippen MR) is 72.3 cm³/mol. The third-order valence-electron chi connectivity index (χ3n) is 2.87. The molecule has 0 heterocycles. The molecule has 5 nitrogen and oxygen atoms in total. The van der Waals surface area contributed by atoms with Crippen molar-refractivity contribution in [2.45, 2.75) is 0 Å². The molecule has 0 radical (unpaired) electrons. The standard InChI is InChI=1S/C15H12O5/c1-20-12-8-10(9-5-3-2-4-6-9)7-11(14(16)17)13(12)15(18)19/h2-8H,1H3,(H,16,17)(H,18,19). The summed E-state index contributed by atoms with van der Waals surface area (Å²) in [5, 5.41) is 18.3. The van der Waals surface area contributed by atoms with E-state index in [1.54, 1.807) is 12.1 Å². The first kappa shape index (κ1) is 13.6. The Labute approximate surface area is 115 Å². The van der Waals surface area contributed by atoms with Gasteiger partial charge in [-0.3, -0.25) is 0 Å². The lowest BCUT2D eigenvalue weighted by molar-refractivity contribution is 0.0648. The molecule has 0 bridgehead atoms. The SMILES string of the molecule is COc1cc(-c2ccccc2)cc(C(=O)O)c1C(=O)O. The smallest absolute Gasteiger partial charge is 0.340 e.